The highest BCUT2D eigenvalue weighted by Gasteiger charge is 2.43. The van der Waals surface area contributed by atoms with Gasteiger partial charge in [0.05, 0.1) is 20.6 Å². The molecule has 3 nitrogen and oxygen atoms in total. The van der Waals surface area contributed by atoms with Gasteiger partial charge in [0.15, 0.2) is 5.66 Å². The van der Waals surface area contributed by atoms with Crippen molar-refractivity contribution in [2.24, 2.45) is 5.92 Å². The highest BCUT2D eigenvalue weighted by atomic mass is 15.4. The SMILES string of the molecule is CCCCCCCCCCCC[N+](C)(C)C(C)(Nc1ccc(N)cc1)C(C)C. The molecule has 28 heavy (non-hydrogen) atoms. The maximum Gasteiger partial charge on any atom is 0.171 e. The molecule has 1 aromatic rings. The van der Waals surface area contributed by atoms with Crippen LogP contribution in [0, 0.1) is 5.92 Å². The number of hydrogen-bond acceptors (Lipinski definition) is 2. The molecule has 0 aliphatic heterocycles. The molecule has 0 saturated carbocycles. The monoisotopic (exact) mass is 390 g/mol. The van der Waals surface area contributed by atoms with Crippen molar-refractivity contribution in [3.05, 3.63) is 24.3 Å². The first-order valence-electron chi connectivity index (χ1n) is 11.7. The molecule has 1 aromatic carbocycles. The van der Waals surface area contributed by atoms with E-state index in [2.05, 4.69) is 59.2 Å². The summed E-state index contributed by atoms with van der Waals surface area (Å²) in [7, 11) is 4.75. The van der Waals surface area contributed by atoms with Gasteiger partial charge in [-0.2, -0.15) is 0 Å². The molecule has 3 heteroatoms. The first kappa shape index (κ1) is 24.8. The summed E-state index contributed by atoms with van der Waals surface area (Å²) in [6, 6.07) is 8.14. The van der Waals surface area contributed by atoms with Gasteiger partial charge >= 0.3 is 0 Å². The van der Waals surface area contributed by atoms with Crippen LogP contribution in [0.15, 0.2) is 24.3 Å². The van der Waals surface area contributed by atoms with Gasteiger partial charge in [-0.05, 0) is 37.1 Å². The van der Waals surface area contributed by atoms with Gasteiger partial charge in [0.1, 0.15) is 0 Å². The number of anilines is 2. The Morgan fingerprint density at radius 2 is 1.32 bits per heavy atom. The first-order chi connectivity index (χ1) is 13.2. The van der Waals surface area contributed by atoms with E-state index in [-0.39, 0.29) is 5.66 Å². The second kappa shape index (κ2) is 12.4. The predicted octanol–water partition coefficient (Wildman–Crippen LogP) is 7.05. The summed E-state index contributed by atoms with van der Waals surface area (Å²) in [5.74, 6) is 0.517. The van der Waals surface area contributed by atoms with E-state index in [9.17, 15) is 0 Å². The first-order valence-corrected chi connectivity index (χ1v) is 11.7. The molecule has 3 N–H and O–H groups in total. The lowest BCUT2D eigenvalue weighted by Crippen LogP contribution is -2.65. The van der Waals surface area contributed by atoms with Crippen molar-refractivity contribution < 1.29 is 4.48 Å². The lowest BCUT2D eigenvalue weighted by molar-refractivity contribution is -0.940. The second-order valence-electron chi connectivity index (χ2n) is 9.64. The lowest BCUT2D eigenvalue weighted by atomic mass is 9.92. The summed E-state index contributed by atoms with van der Waals surface area (Å²) in [4.78, 5) is 0. The van der Waals surface area contributed by atoms with E-state index < -0.39 is 0 Å². The number of nitrogens with zero attached hydrogens (tertiary/aromatic N) is 1. The molecule has 0 spiro atoms. The summed E-state index contributed by atoms with van der Waals surface area (Å²) in [6.07, 6.45) is 13.9. The van der Waals surface area contributed by atoms with Gasteiger partial charge in [0.2, 0.25) is 0 Å². The van der Waals surface area contributed by atoms with Crippen LogP contribution < -0.4 is 11.1 Å². The maximum absolute atomic E-state index is 5.85. The van der Waals surface area contributed by atoms with Gasteiger partial charge in [-0.25, -0.2) is 0 Å². The number of nitrogens with two attached hydrogens (primary N) is 1. The topological polar surface area (TPSA) is 38.0 Å². The van der Waals surface area contributed by atoms with Crippen LogP contribution in [0.2, 0.25) is 0 Å². The van der Waals surface area contributed by atoms with Crippen LogP contribution in [0.1, 0.15) is 91.9 Å². The lowest BCUT2D eigenvalue weighted by Gasteiger charge is -2.50. The number of unbranched alkanes of at least 4 members (excludes halogenated alkanes) is 9. The summed E-state index contributed by atoms with van der Waals surface area (Å²) >= 11 is 0. The highest BCUT2D eigenvalue weighted by Crippen LogP contribution is 2.31. The molecule has 0 amide bonds. The molecule has 1 unspecified atom stereocenters. The van der Waals surface area contributed by atoms with Crippen LogP contribution in [0.25, 0.3) is 0 Å². The standard InChI is InChI=1S/C25H48N3/c1-7-8-9-10-11-12-13-14-15-16-21-28(5,6)25(4,22(2)3)27-24-19-17-23(26)18-20-24/h17-20,22,27H,7-16,21,26H2,1-6H3/q+1. The van der Waals surface area contributed by atoms with Crippen LogP contribution in [-0.2, 0) is 0 Å². The Hall–Kier alpha value is -1.22. The summed E-state index contributed by atoms with van der Waals surface area (Å²) in [5.41, 5.74) is 7.80. The van der Waals surface area contributed by atoms with Crippen LogP contribution in [0.3, 0.4) is 0 Å². The van der Waals surface area contributed by atoms with E-state index in [1.54, 1.807) is 0 Å². The third-order valence-electron chi connectivity index (χ3n) is 6.76. The number of nitrogens with one attached hydrogen (secondary N) is 1. The fraction of sp³-hybridized carbons (Fsp3) is 0.760. The minimum atomic E-state index is -0.0185. The third kappa shape index (κ3) is 8.03. The zero-order chi connectivity index (χ0) is 21.0. The van der Waals surface area contributed by atoms with E-state index in [4.69, 9.17) is 5.73 Å². The molecule has 0 heterocycles. The third-order valence-corrected chi connectivity index (χ3v) is 6.76. The zero-order valence-electron chi connectivity index (χ0n) is 19.7. The van der Waals surface area contributed by atoms with Crippen molar-refractivity contribution in [2.45, 2.75) is 97.6 Å². The Balaban J connectivity index is 2.42. The van der Waals surface area contributed by atoms with E-state index in [0.717, 1.165) is 15.9 Å². The van der Waals surface area contributed by atoms with E-state index >= 15 is 0 Å². The molecule has 162 valence electrons. The fourth-order valence-electron chi connectivity index (χ4n) is 4.08. The van der Waals surface area contributed by atoms with Crippen LogP contribution in [0.5, 0.6) is 0 Å². The summed E-state index contributed by atoms with van der Waals surface area (Å²) < 4.78 is 0.978. The zero-order valence-corrected chi connectivity index (χ0v) is 19.7. The number of benzene rings is 1. The van der Waals surface area contributed by atoms with Crippen LogP contribution in [-0.4, -0.2) is 30.8 Å². The van der Waals surface area contributed by atoms with Gasteiger partial charge in [-0.1, -0.05) is 72.1 Å². The van der Waals surface area contributed by atoms with Gasteiger partial charge in [-0.15, -0.1) is 0 Å². The smallest absolute Gasteiger partial charge is 0.171 e. The van der Waals surface area contributed by atoms with Crippen LogP contribution >= 0.6 is 0 Å². The van der Waals surface area contributed by atoms with Crippen molar-refractivity contribution in [2.75, 3.05) is 31.7 Å². The fourth-order valence-corrected chi connectivity index (χ4v) is 4.08. The molecule has 1 atom stereocenters. The van der Waals surface area contributed by atoms with Crippen LogP contribution in [0.4, 0.5) is 11.4 Å². The molecule has 0 fully saturated rings. The molecular weight excluding hydrogens is 342 g/mol. The Morgan fingerprint density at radius 1 is 0.857 bits per heavy atom. The Labute approximate surface area is 175 Å². The molecule has 0 aliphatic carbocycles. The number of nitrogen functional groups attached to an aromatic ring is 1. The Kier molecular flexibility index (Phi) is 11.0. The molecule has 0 radical (unpaired) electrons. The van der Waals surface area contributed by atoms with Gasteiger partial charge in [0.25, 0.3) is 0 Å². The normalized spacial score (nSPS) is 14.2. The molecular formula is C25H48N3+. The van der Waals surface area contributed by atoms with Crippen molar-refractivity contribution in [3.63, 3.8) is 0 Å². The maximum atomic E-state index is 5.85. The quantitative estimate of drug-likeness (QED) is 0.146. The minimum Gasteiger partial charge on any atom is -0.399 e. The average Bonchev–Trinajstić information content (AvgIpc) is 2.64. The van der Waals surface area contributed by atoms with E-state index in [1.165, 1.54) is 70.8 Å². The van der Waals surface area contributed by atoms with E-state index in [0.29, 0.717) is 5.92 Å². The predicted molar refractivity (Wildman–Crippen MR) is 127 cm³/mol. The average molecular weight is 391 g/mol. The molecule has 0 aliphatic rings. The molecule has 0 aromatic heterocycles. The van der Waals surface area contributed by atoms with Gasteiger partial charge in [-0.3, -0.25) is 0 Å². The number of rotatable bonds is 15. The largest absolute Gasteiger partial charge is 0.399 e. The van der Waals surface area contributed by atoms with Gasteiger partial charge in [0, 0.05) is 24.2 Å². The van der Waals surface area contributed by atoms with Gasteiger partial charge < -0.3 is 15.5 Å². The molecule has 0 saturated heterocycles. The van der Waals surface area contributed by atoms with Crippen molar-refractivity contribution >= 4 is 11.4 Å². The molecule has 0 bridgehead atoms. The number of hydrogen-bond donors (Lipinski definition) is 2. The van der Waals surface area contributed by atoms with Crippen molar-refractivity contribution in [3.8, 4) is 0 Å². The van der Waals surface area contributed by atoms with Crippen molar-refractivity contribution in [1.82, 2.24) is 0 Å². The van der Waals surface area contributed by atoms with E-state index in [1.807, 2.05) is 12.1 Å². The summed E-state index contributed by atoms with van der Waals surface area (Å²) in [6.45, 7) is 10.5. The van der Waals surface area contributed by atoms with Crippen molar-refractivity contribution in [1.29, 1.82) is 0 Å². The highest BCUT2D eigenvalue weighted by molar-refractivity contribution is 5.52. The Morgan fingerprint density at radius 3 is 1.79 bits per heavy atom. The summed E-state index contributed by atoms with van der Waals surface area (Å²) in [5, 5.41) is 3.82. The second-order valence-corrected chi connectivity index (χ2v) is 9.64. The Bertz CT molecular complexity index is 521. The molecule has 1 rings (SSSR count). The number of quaternary nitrogens is 1. The minimum absolute atomic E-state index is 0.0185.